The fourth-order valence-electron chi connectivity index (χ4n) is 4.39. The number of sulfonamides is 1. The maximum atomic E-state index is 13.8. The highest BCUT2D eigenvalue weighted by atomic mass is 35.5. The van der Waals surface area contributed by atoms with Crippen LogP contribution < -0.4 is 9.62 Å². The summed E-state index contributed by atoms with van der Waals surface area (Å²) in [4.78, 5) is 28.8. The molecule has 7 nitrogen and oxygen atoms in total. The first-order valence-corrected chi connectivity index (χ1v) is 16.3. The molecule has 0 unspecified atom stereocenters. The molecule has 11 heteroatoms. The quantitative estimate of drug-likeness (QED) is 0.223. The Balaban J connectivity index is 1.90. The molecule has 1 N–H and O–H groups in total. The van der Waals surface area contributed by atoms with Gasteiger partial charge in [0.25, 0.3) is 0 Å². The predicted octanol–water partition coefficient (Wildman–Crippen LogP) is 6.36. The standard InChI is InChI=1S/C30H34Cl3N3O4S/c1-3-17-34-30(38)28(19-22-10-5-4-6-11-22)35(21-23-12-7-8-13-25(23)32)29(37)14-9-18-36(41(2,39)40)27-20-24(31)15-16-26(27)33/h4-8,10-13,15-16,20,28H,3,9,14,17-19,21H2,1-2H3,(H,34,38)/t28-/m1/s1. The Morgan fingerprint density at radius 1 is 0.927 bits per heavy atom. The van der Waals surface area contributed by atoms with E-state index in [0.717, 1.165) is 22.5 Å². The lowest BCUT2D eigenvalue weighted by molar-refractivity contribution is -0.141. The van der Waals surface area contributed by atoms with E-state index in [2.05, 4.69) is 5.32 Å². The Labute approximate surface area is 257 Å². The molecule has 0 aromatic heterocycles. The number of nitrogens with one attached hydrogen (secondary N) is 1. The van der Waals surface area contributed by atoms with Gasteiger partial charge in [0.05, 0.1) is 17.0 Å². The van der Waals surface area contributed by atoms with Crippen LogP contribution in [0.5, 0.6) is 0 Å². The normalized spacial score (nSPS) is 12.0. The van der Waals surface area contributed by atoms with Crippen LogP contribution in [0.4, 0.5) is 5.69 Å². The molecule has 0 saturated heterocycles. The van der Waals surface area contributed by atoms with Gasteiger partial charge in [0.2, 0.25) is 21.8 Å². The topological polar surface area (TPSA) is 86.8 Å². The minimum atomic E-state index is -3.73. The monoisotopic (exact) mass is 637 g/mol. The van der Waals surface area contributed by atoms with Gasteiger partial charge in [-0.15, -0.1) is 0 Å². The maximum Gasteiger partial charge on any atom is 0.243 e. The summed E-state index contributed by atoms with van der Waals surface area (Å²) in [6.07, 6.45) is 2.29. The van der Waals surface area contributed by atoms with Gasteiger partial charge in [-0.25, -0.2) is 8.42 Å². The summed E-state index contributed by atoms with van der Waals surface area (Å²) in [6, 6.07) is 20.4. The van der Waals surface area contributed by atoms with Crippen molar-refractivity contribution in [2.75, 3.05) is 23.7 Å². The first-order chi connectivity index (χ1) is 19.5. The van der Waals surface area contributed by atoms with Crippen molar-refractivity contribution < 1.29 is 18.0 Å². The summed E-state index contributed by atoms with van der Waals surface area (Å²) >= 11 is 18.9. The molecule has 0 aliphatic carbocycles. The van der Waals surface area contributed by atoms with E-state index in [0.29, 0.717) is 28.6 Å². The third kappa shape index (κ3) is 9.64. The molecule has 0 radical (unpaired) electrons. The molecule has 0 aliphatic heterocycles. The molecule has 0 spiro atoms. The highest BCUT2D eigenvalue weighted by Crippen LogP contribution is 2.31. The van der Waals surface area contributed by atoms with Crippen LogP contribution in [0.25, 0.3) is 0 Å². The minimum Gasteiger partial charge on any atom is -0.354 e. The van der Waals surface area contributed by atoms with Gasteiger partial charge in [-0.2, -0.15) is 0 Å². The third-order valence-corrected chi connectivity index (χ3v) is 8.55. The van der Waals surface area contributed by atoms with Gasteiger partial charge in [0.15, 0.2) is 0 Å². The number of halogens is 3. The van der Waals surface area contributed by atoms with Crippen LogP contribution in [0.2, 0.25) is 15.1 Å². The maximum absolute atomic E-state index is 13.8. The summed E-state index contributed by atoms with van der Waals surface area (Å²) in [5, 5.41) is 3.98. The molecule has 41 heavy (non-hydrogen) atoms. The van der Waals surface area contributed by atoms with Crippen molar-refractivity contribution in [2.24, 2.45) is 0 Å². The zero-order chi connectivity index (χ0) is 30.0. The zero-order valence-electron chi connectivity index (χ0n) is 23.0. The van der Waals surface area contributed by atoms with Gasteiger partial charge in [0, 0.05) is 42.5 Å². The molecule has 0 saturated carbocycles. The predicted molar refractivity (Wildman–Crippen MR) is 167 cm³/mol. The van der Waals surface area contributed by atoms with Crippen molar-refractivity contribution in [1.29, 1.82) is 0 Å². The number of carbonyl (C=O) groups is 2. The molecule has 3 aromatic carbocycles. The van der Waals surface area contributed by atoms with E-state index in [1.54, 1.807) is 18.2 Å². The van der Waals surface area contributed by atoms with Crippen molar-refractivity contribution in [3.05, 3.63) is 99.0 Å². The van der Waals surface area contributed by atoms with Crippen LogP contribution in [0.1, 0.15) is 37.3 Å². The second kappa shape index (κ2) is 15.4. The van der Waals surface area contributed by atoms with Crippen LogP contribution in [-0.4, -0.2) is 50.5 Å². The van der Waals surface area contributed by atoms with E-state index < -0.39 is 16.1 Å². The average Bonchev–Trinajstić information content (AvgIpc) is 2.94. The SMILES string of the molecule is CCCNC(=O)[C@@H](Cc1ccccc1)N(Cc1ccccc1Cl)C(=O)CCCN(c1cc(Cl)ccc1Cl)S(C)(=O)=O. The number of hydrogen-bond donors (Lipinski definition) is 1. The lowest BCUT2D eigenvalue weighted by atomic mass is 10.0. The summed E-state index contributed by atoms with van der Waals surface area (Å²) in [6.45, 7) is 2.54. The minimum absolute atomic E-state index is 0.00402. The molecule has 0 bridgehead atoms. The Hall–Kier alpha value is -2.78. The number of benzene rings is 3. The molecule has 0 heterocycles. The van der Waals surface area contributed by atoms with E-state index in [1.807, 2.05) is 49.4 Å². The van der Waals surface area contributed by atoms with Crippen molar-refractivity contribution in [3.8, 4) is 0 Å². The fourth-order valence-corrected chi connectivity index (χ4v) is 5.99. The van der Waals surface area contributed by atoms with E-state index in [9.17, 15) is 18.0 Å². The van der Waals surface area contributed by atoms with E-state index >= 15 is 0 Å². The second-order valence-corrected chi connectivity index (χ2v) is 12.8. The van der Waals surface area contributed by atoms with Gasteiger partial charge in [-0.05, 0) is 48.2 Å². The Morgan fingerprint density at radius 3 is 2.27 bits per heavy atom. The lowest BCUT2D eigenvalue weighted by Crippen LogP contribution is -2.50. The van der Waals surface area contributed by atoms with Crippen LogP contribution in [0, 0.1) is 0 Å². The number of carbonyl (C=O) groups excluding carboxylic acids is 2. The Kier molecular flexibility index (Phi) is 12.3. The summed E-state index contributed by atoms with van der Waals surface area (Å²) in [5.74, 6) is -0.567. The van der Waals surface area contributed by atoms with Gasteiger partial charge in [0.1, 0.15) is 6.04 Å². The van der Waals surface area contributed by atoms with E-state index in [4.69, 9.17) is 34.8 Å². The molecule has 3 rings (SSSR count). The van der Waals surface area contributed by atoms with E-state index in [1.165, 1.54) is 17.0 Å². The molecule has 0 aliphatic rings. The highest BCUT2D eigenvalue weighted by Gasteiger charge is 2.31. The van der Waals surface area contributed by atoms with Crippen LogP contribution in [0.15, 0.2) is 72.8 Å². The largest absolute Gasteiger partial charge is 0.354 e. The van der Waals surface area contributed by atoms with E-state index in [-0.39, 0.29) is 48.5 Å². The number of amides is 2. The molecule has 3 aromatic rings. The molecule has 2 amide bonds. The number of anilines is 1. The van der Waals surface area contributed by atoms with Crippen molar-refractivity contribution in [2.45, 2.75) is 45.2 Å². The summed E-state index contributed by atoms with van der Waals surface area (Å²) < 4.78 is 26.4. The smallest absolute Gasteiger partial charge is 0.243 e. The van der Waals surface area contributed by atoms with Gasteiger partial charge >= 0.3 is 0 Å². The Morgan fingerprint density at radius 2 is 1.61 bits per heavy atom. The molecular formula is C30H34Cl3N3O4S. The average molecular weight is 639 g/mol. The highest BCUT2D eigenvalue weighted by molar-refractivity contribution is 7.92. The van der Waals surface area contributed by atoms with Gasteiger partial charge in [-0.3, -0.25) is 13.9 Å². The zero-order valence-corrected chi connectivity index (χ0v) is 26.1. The van der Waals surface area contributed by atoms with Crippen LogP contribution in [-0.2, 0) is 32.6 Å². The van der Waals surface area contributed by atoms with Crippen LogP contribution >= 0.6 is 34.8 Å². The number of hydrogen-bond acceptors (Lipinski definition) is 4. The lowest BCUT2D eigenvalue weighted by Gasteiger charge is -2.32. The fraction of sp³-hybridized carbons (Fsp3) is 0.333. The summed E-state index contributed by atoms with van der Waals surface area (Å²) in [5.41, 5.74) is 1.84. The third-order valence-electron chi connectivity index (χ3n) is 6.45. The first-order valence-electron chi connectivity index (χ1n) is 13.3. The molecule has 0 fully saturated rings. The number of rotatable bonds is 14. The number of nitrogens with zero attached hydrogens (tertiary/aromatic N) is 2. The van der Waals surface area contributed by atoms with Crippen molar-refractivity contribution in [3.63, 3.8) is 0 Å². The van der Waals surface area contributed by atoms with Crippen molar-refractivity contribution >= 4 is 62.3 Å². The van der Waals surface area contributed by atoms with Gasteiger partial charge < -0.3 is 10.2 Å². The van der Waals surface area contributed by atoms with Gasteiger partial charge in [-0.1, -0.05) is 90.3 Å². The molecular weight excluding hydrogens is 605 g/mol. The van der Waals surface area contributed by atoms with Crippen molar-refractivity contribution in [1.82, 2.24) is 10.2 Å². The molecule has 1 atom stereocenters. The molecule has 220 valence electrons. The second-order valence-electron chi connectivity index (χ2n) is 9.64. The van der Waals surface area contributed by atoms with Crippen LogP contribution in [0.3, 0.4) is 0 Å². The Bertz CT molecular complexity index is 1440. The summed E-state index contributed by atoms with van der Waals surface area (Å²) in [7, 11) is -3.73. The first kappa shape index (κ1) is 32.7.